The minimum atomic E-state index is -0.403. The second kappa shape index (κ2) is 16.2. The maximum absolute atomic E-state index is 13.2. The third-order valence-electron chi connectivity index (χ3n) is 10.7. The van der Waals surface area contributed by atoms with Gasteiger partial charge in [-0.2, -0.15) is 0 Å². The molecule has 0 saturated carbocycles. The van der Waals surface area contributed by atoms with Crippen LogP contribution in [0.2, 0.25) is 5.02 Å². The van der Waals surface area contributed by atoms with Crippen molar-refractivity contribution in [1.29, 1.82) is 0 Å². The van der Waals surface area contributed by atoms with Crippen LogP contribution in [0.4, 0.5) is 11.5 Å². The number of rotatable bonds is 5. The van der Waals surface area contributed by atoms with Crippen LogP contribution in [-0.2, 0) is 31.7 Å². The van der Waals surface area contributed by atoms with Crippen molar-refractivity contribution in [2.24, 2.45) is 14.1 Å². The maximum atomic E-state index is 13.2. The molecule has 1 aliphatic carbocycles. The Morgan fingerprint density at radius 2 is 1.63 bits per heavy atom. The van der Waals surface area contributed by atoms with Crippen LogP contribution in [-0.4, -0.2) is 50.7 Å². The molecule has 54 heavy (non-hydrogen) atoms. The summed E-state index contributed by atoms with van der Waals surface area (Å²) >= 11 is 7.09. The van der Waals surface area contributed by atoms with Crippen LogP contribution in [0.3, 0.4) is 0 Å². The average molecular weight is 752 g/mol. The number of benzene rings is 2. The number of methoxy groups -OCH3 is 1. The van der Waals surface area contributed by atoms with Crippen LogP contribution in [0.25, 0.3) is 33.3 Å². The van der Waals surface area contributed by atoms with Gasteiger partial charge in [0, 0.05) is 55.1 Å². The Labute approximate surface area is 321 Å². The quantitative estimate of drug-likeness (QED) is 0.177. The summed E-state index contributed by atoms with van der Waals surface area (Å²) in [5.74, 6) is 1.30. The highest BCUT2D eigenvalue weighted by molar-refractivity contribution is 6.36. The van der Waals surface area contributed by atoms with Gasteiger partial charge in [-0.3, -0.25) is 18.7 Å². The van der Waals surface area contributed by atoms with E-state index < -0.39 is 5.56 Å². The lowest BCUT2D eigenvalue weighted by Crippen LogP contribution is -2.52. The van der Waals surface area contributed by atoms with Gasteiger partial charge in [0.2, 0.25) is 11.8 Å². The maximum Gasteiger partial charge on any atom is 0.330 e. The van der Waals surface area contributed by atoms with Crippen LogP contribution in [0, 0.1) is 13.8 Å². The molecule has 8 rings (SSSR count). The van der Waals surface area contributed by atoms with Crippen LogP contribution < -0.4 is 31.9 Å². The summed E-state index contributed by atoms with van der Waals surface area (Å²) in [6.45, 7) is 9.87. The van der Waals surface area contributed by atoms with Gasteiger partial charge >= 0.3 is 5.69 Å². The molecule has 1 amide bonds. The molecule has 11 nitrogen and oxygen atoms in total. The number of halogens is 1. The number of aryl methyl sites for hydroxylation is 3. The summed E-state index contributed by atoms with van der Waals surface area (Å²) in [7, 11) is 4.78. The summed E-state index contributed by atoms with van der Waals surface area (Å²) in [6.07, 6.45) is 7.13. The summed E-state index contributed by atoms with van der Waals surface area (Å²) in [6, 6.07) is 15.7. The summed E-state index contributed by atoms with van der Waals surface area (Å²) in [5.41, 5.74) is 8.14. The molecule has 1 unspecified atom stereocenters. The second-order valence-electron chi connectivity index (χ2n) is 14.1. The van der Waals surface area contributed by atoms with Crippen molar-refractivity contribution in [3.63, 3.8) is 0 Å². The molecule has 2 aliphatic heterocycles. The molecule has 2 saturated heterocycles. The van der Waals surface area contributed by atoms with E-state index in [0.717, 1.165) is 96.2 Å². The van der Waals surface area contributed by atoms with Crippen molar-refractivity contribution in [3.8, 4) is 28.3 Å². The van der Waals surface area contributed by atoms with Gasteiger partial charge < -0.3 is 20.7 Å². The van der Waals surface area contributed by atoms with Crippen molar-refractivity contribution in [3.05, 3.63) is 96.8 Å². The number of nitrogens with zero attached hydrogens (tertiary/aromatic N) is 4. The van der Waals surface area contributed by atoms with E-state index in [4.69, 9.17) is 21.3 Å². The Kier molecular flexibility index (Phi) is 11.6. The SMILES string of the molecule is CC.COc1nc(-c2cccc(-c3cccc(Nc4nc(C)cc5c4c(=O)n(C)c(=O)n5C)c3C)c2Cl)cc2c1CCC2.O=C1CCCC2(CCNC2)N1. The number of nitrogens with one attached hydrogen (secondary N) is 3. The van der Waals surface area contributed by atoms with Gasteiger partial charge in [0.1, 0.15) is 11.2 Å². The first kappa shape index (κ1) is 38.7. The van der Waals surface area contributed by atoms with E-state index in [1.165, 1.54) is 22.7 Å². The fourth-order valence-electron chi connectivity index (χ4n) is 7.86. The first-order valence-corrected chi connectivity index (χ1v) is 19.2. The van der Waals surface area contributed by atoms with Gasteiger partial charge in [0.15, 0.2) is 0 Å². The molecule has 0 radical (unpaired) electrons. The molecule has 3 N–H and O–H groups in total. The number of aromatic nitrogens is 4. The lowest BCUT2D eigenvalue weighted by molar-refractivity contribution is -0.124. The van der Waals surface area contributed by atoms with Crippen molar-refractivity contribution in [1.82, 2.24) is 29.7 Å². The molecular formula is C42H50ClN7O4. The predicted molar refractivity (Wildman–Crippen MR) is 217 cm³/mol. The minimum absolute atomic E-state index is 0.134. The summed E-state index contributed by atoms with van der Waals surface area (Å²) in [5, 5.41) is 10.7. The molecule has 5 aromatic rings. The number of hydrogen-bond acceptors (Lipinski definition) is 8. The highest BCUT2D eigenvalue weighted by Gasteiger charge is 2.37. The van der Waals surface area contributed by atoms with Crippen LogP contribution in [0.5, 0.6) is 5.88 Å². The van der Waals surface area contributed by atoms with E-state index in [9.17, 15) is 14.4 Å². The van der Waals surface area contributed by atoms with Crippen molar-refractivity contribution < 1.29 is 9.53 Å². The van der Waals surface area contributed by atoms with E-state index in [-0.39, 0.29) is 17.1 Å². The minimum Gasteiger partial charge on any atom is -0.481 e. The zero-order chi connectivity index (χ0) is 38.7. The number of amides is 1. The van der Waals surface area contributed by atoms with E-state index >= 15 is 0 Å². The van der Waals surface area contributed by atoms with E-state index in [1.54, 1.807) is 20.2 Å². The lowest BCUT2D eigenvalue weighted by atomic mass is 9.88. The molecule has 1 spiro atoms. The average Bonchev–Trinajstić information content (AvgIpc) is 3.84. The number of hydrogen-bond donors (Lipinski definition) is 3. The highest BCUT2D eigenvalue weighted by atomic mass is 35.5. The third-order valence-corrected chi connectivity index (χ3v) is 11.1. The first-order chi connectivity index (χ1) is 26.0. The highest BCUT2D eigenvalue weighted by Crippen LogP contribution is 2.41. The van der Waals surface area contributed by atoms with Gasteiger partial charge in [-0.15, -0.1) is 0 Å². The molecule has 3 aliphatic rings. The predicted octanol–water partition coefficient (Wildman–Crippen LogP) is 6.92. The van der Waals surface area contributed by atoms with E-state index in [2.05, 4.69) is 27.0 Å². The van der Waals surface area contributed by atoms with Crippen LogP contribution in [0.15, 0.2) is 58.1 Å². The monoisotopic (exact) mass is 751 g/mol. The largest absolute Gasteiger partial charge is 0.481 e. The van der Waals surface area contributed by atoms with Crippen molar-refractivity contribution in [2.45, 2.75) is 78.2 Å². The topological polar surface area (TPSA) is 132 Å². The smallest absolute Gasteiger partial charge is 0.330 e. The lowest BCUT2D eigenvalue weighted by Gasteiger charge is -2.33. The number of anilines is 2. The Morgan fingerprint density at radius 3 is 2.35 bits per heavy atom. The van der Waals surface area contributed by atoms with Gasteiger partial charge in [-0.25, -0.2) is 14.8 Å². The Balaban J connectivity index is 0.000000323. The number of carbonyl (C=O) groups excluding carboxylic acids is 1. The van der Waals surface area contributed by atoms with Crippen LogP contribution in [0.1, 0.15) is 68.3 Å². The fraction of sp³-hybridized carbons (Fsp3) is 0.405. The Bertz CT molecular complexity index is 2340. The summed E-state index contributed by atoms with van der Waals surface area (Å²) in [4.78, 5) is 46.3. The molecule has 1 atom stereocenters. The number of pyridine rings is 2. The van der Waals surface area contributed by atoms with Crippen molar-refractivity contribution >= 4 is 39.9 Å². The molecule has 2 aromatic carbocycles. The fourth-order valence-corrected chi connectivity index (χ4v) is 8.18. The number of ether oxygens (including phenoxy) is 1. The second-order valence-corrected chi connectivity index (χ2v) is 14.5. The third kappa shape index (κ3) is 7.39. The summed E-state index contributed by atoms with van der Waals surface area (Å²) < 4.78 is 8.19. The van der Waals surface area contributed by atoms with Crippen molar-refractivity contribution in [2.75, 3.05) is 25.5 Å². The Hall–Kier alpha value is -5.00. The molecular weight excluding hydrogens is 702 g/mol. The molecule has 12 heteroatoms. The van der Waals surface area contributed by atoms with Gasteiger partial charge in [0.05, 0.1) is 28.9 Å². The number of piperidine rings is 1. The Morgan fingerprint density at radius 1 is 0.889 bits per heavy atom. The van der Waals surface area contributed by atoms with E-state index in [0.29, 0.717) is 33.3 Å². The van der Waals surface area contributed by atoms with Gasteiger partial charge in [0.25, 0.3) is 5.56 Å². The first-order valence-electron chi connectivity index (χ1n) is 18.8. The normalized spacial score (nSPS) is 17.3. The van der Waals surface area contributed by atoms with Gasteiger partial charge in [-0.05, 0) is 93.8 Å². The van der Waals surface area contributed by atoms with E-state index in [1.807, 2.05) is 64.1 Å². The number of fused-ring (bicyclic) bond motifs is 2. The molecule has 2 fully saturated rings. The zero-order valence-corrected chi connectivity index (χ0v) is 33.0. The molecule has 3 aromatic heterocycles. The molecule has 0 bridgehead atoms. The zero-order valence-electron chi connectivity index (χ0n) is 32.3. The van der Waals surface area contributed by atoms with Crippen LogP contribution >= 0.6 is 11.6 Å². The number of carbonyl (C=O) groups is 1. The standard InChI is InChI=1S/C32H30ClN5O3.C8H14N2O.C2H6/c1-17-15-26-27(31(39)38(4)32(40)37(26)3)29(34-17)35-24-14-8-10-20(18(24)2)22-12-7-13-23(28(22)33)25-16-19-9-6-11-21(19)30(36-25)41-5;11-7-2-1-3-8(10-7)4-5-9-6-8;1-2/h7-8,10,12-16H,6,9,11H2,1-5H3,(H,34,35);9H,1-6H2,(H,10,11);1-2H3. The van der Waals surface area contributed by atoms with Gasteiger partial charge in [-0.1, -0.05) is 55.8 Å². The molecule has 284 valence electrons. The molecule has 5 heterocycles.